The molecule has 3 aromatic heterocycles. The minimum atomic E-state index is -0.871. The molecule has 10 heteroatoms. The van der Waals surface area contributed by atoms with Gasteiger partial charge < -0.3 is 20.6 Å². The minimum absolute atomic E-state index is 0.0584. The number of aliphatic hydroxyl groups is 1. The molecule has 0 aliphatic carbocycles. The summed E-state index contributed by atoms with van der Waals surface area (Å²) in [6, 6.07) is 9.26. The first-order valence-electron chi connectivity index (χ1n) is 12.9. The monoisotopic (exact) mass is 531 g/mol. The largest absolute Gasteiger partial charge is 0.374 e. The number of rotatable bonds is 8. The van der Waals surface area contributed by atoms with Crippen molar-refractivity contribution >= 4 is 23.1 Å². The molecule has 39 heavy (non-hydrogen) atoms. The lowest BCUT2D eigenvalue weighted by molar-refractivity contribution is -0.125. The fraction of sp³-hybridized carbons (Fsp3) is 0.345. The molecular weight excluding hydrogens is 497 g/mol. The van der Waals surface area contributed by atoms with E-state index in [-0.39, 0.29) is 17.4 Å². The van der Waals surface area contributed by atoms with Gasteiger partial charge in [-0.2, -0.15) is 0 Å². The fourth-order valence-electron chi connectivity index (χ4n) is 4.85. The maximum absolute atomic E-state index is 14.6. The number of anilines is 2. The van der Waals surface area contributed by atoms with E-state index in [9.17, 15) is 14.3 Å². The van der Waals surface area contributed by atoms with E-state index in [4.69, 9.17) is 0 Å². The van der Waals surface area contributed by atoms with Gasteiger partial charge in [0.15, 0.2) is 11.5 Å². The number of aromatic nitrogens is 3. The lowest BCUT2D eigenvalue weighted by Crippen LogP contribution is -2.42. The number of carbonyl (C=O) groups is 1. The number of carbonyl (C=O) groups excluding carboxylic acids is 1. The van der Waals surface area contributed by atoms with Crippen molar-refractivity contribution in [1.29, 1.82) is 0 Å². The molecule has 4 aromatic rings. The number of amides is 1. The van der Waals surface area contributed by atoms with Crippen LogP contribution in [0.25, 0.3) is 16.9 Å². The van der Waals surface area contributed by atoms with Gasteiger partial charge in [-0.05, 0) is 69.8 Å². The van der Waals surface area contributed by atoms with Crippen LogP contribution in [0.2, 0.25) is 0 Å². The summed E-state index contributed by atoms with van der Waals surface area (Å²) < 4.78 is 16.4. The highest BCUT2D eigenvalue weighted by Crippen LogP contribution is 2.39. The molecule has 1 unspecified atom stereocenters. The predicted molar refractivity (Wildman–Crippen MR) is 149 cm³/mol. The van der Waals surface area contributed by atoms with Gasteiger partial charge in [0, 0.05) is 48.8 Å². The summed E-state index contributed by atoms with van der Waals surface area (Å²) in [5.41, 5.74) is 4.79. The number of hydrogen-bond acceptors (Lipinski definition) is 7. The van der Waals surface area contributed by atoms with Gasteiger partial charge in [0.1, 0.15) is 12.0 Å². The Kier molecular flexibility index (Phi) is 7.11. The zero-order valence-electron chi connectivity index (χ0n) is 22.8. The number of aryl methyl sites for hydroxylation is 1. The van der Waals surface area contributed by atoms with Gasteiger partial charge in [-0.3, -0.25) is 14.5 Å². The molecule has 1 aliphatic rings. The van der Waals surface area contributed by atoms with Crippen LogP contribution in [0.15, 0.2) is 48.9 Å². The van der Waals surface area contributed by atoms with Gasteiger partial charge in [0.25, 0.3) is 0 Å². The van der Waals surface area contributed by atoms with Gasteiger partial charge in [0.05, 0.1) is 17.3 Å². The molecule has 4 N–H and O–H groups in total. The number of halogens is 1. The summed E-state index contributed by atoms with van der Waals surface area (Å²) in [5, 5.41) is 20.2. The molecule has 0 bridgehead atoms. The maximum Gasteiger partial charge on any atom is 0.230 e. The lowest BCUT2D eigenvalue weighted by atomic mass is 9.84. The van der Waals surface area contributed by atoms with Gasteiger partial charge in [-0.25, -0.2) is 14.4 Å². The van der Waals surface area contributed by atoms with Crippen molar-refractivity contribution < 1.29 is 14.3 Å². The van der Waals surface area contributed by atoms with Gasteiger partial charge in [-0.1, -0.05) is 12.1 Å². The van der Waals surface area contributed by atoms with Crippen molar-refractivity contribution in [3.8, 4) is 11.3 Å². The maximum atomic E-state index is 14.6. The molecule has 0 saturated carbocycles. The molecule has 1 aromatic carbocycles. The van der Waals surface area contributed by atoms with Crippen LogP contribution in [0.3, 0.4) is 0 Å². The molecule has 0 spiro atoms. The van der Waals surface area contributed by atoms with Gasteiger partial charge in [0.2, 0.25) is 5.91 Å². The van der Waals surface area contributed by atoms with Crippen LogP contribution >= 0.6 is 0 Å². The Bertz CT molecular complexity index is 1530. The zero-order valence-corrected chi connectivity index (χ0v) is 22.8. The number of imidazole rings is 1. The van der Waals surface area contributed by atoms with E-state index < -0.39 is 11.6 Å². The second-order valence-corrected chi connectivity index (χ2v) is 10.7. The molecule has 9 nitrogen and oxygen atoms in total. The Morgan fingerprint density at radius 2 is 2.00 bits per heavy atom. The van der Waals surface area contributed by atoms with Crippen molar-refractivity contribution in [1.82, 2.24) is 29.9 Å². The van der Waals surface area contributed by atoms with Crippen LogP contribution in [0.1, 0.15) is 42.3 Å². The first-order chi connectivity index (χ1) is 18.6. The molecule has 0 saturated heterocycles. The summed E-state index contributed by atoms with van der Waals surface area (Å²) in [5.74, 6) is 0.182. The van der Waals surface area contributed by atoms with E-state index in [2.05, 4.69) is 25.9 Å². The van der Waals surface area contributed by atoms with Crippen molar-refractivity contribution in [3.05, 3.63) is 77.0 Å². The van der Waals surface area contributed by atoms with E-state index in [0.717, 1.165) is 28.9 Å². The fourth-order valence-corrected chi connectivity index (χ4v) is 4.85. The third-order valence-corrected chi connectivity index (χ3v) is 7.35. The Morgan fingerprint density at radius 1 is 1.21 bits per heavy atom. The second-order valence-electron chi connectivity index (χ2n) is 10.7. The molecule has 5 rings (SSSR count). The third-order valence-electron chi connectivity index (χ3n) is 7.35. The molecule has 1 atom stereocenters. The van der Waals surface area contributed by atoms with Crippen molar-refractivity contribution in [2.24, 2.45) is 0 Å². The molecule has 204 valence electrons. The highest BCUT2D eigenvalue weighted by atomic mass is 19.1. The number of hydrogen-bond donors (Lipinski definition) is 4. The summed E-state index contributed by atoms with van der Waals surface area (Å²) in [4.78, 5) is 23.7. The van der Waals surface area contributed by atoms with Gasteiger partial charge in [-0.15, -0.1) is 0 Å². The number of nitrogens with zero attached hydrogens (tertiary/aromatic N) is 4. The average molecular weight is 532 g/mol. The summed E-state index contributed by atoms with van der Waals surface area (Å²) in [6.07, 6.45) is 4.29. The number of aliphatic hydroxyl groups excluding tert-OH is 1. The molecule has 4 heterocycles. The van der Waals surface area contributed by atoms with Crippen LogP contribution in [0.5, 0.6) is 0 Å². The topological polar surface area (TPSA) is 107 Å². The molecule has 1 amide bonds. The van der Waals surface area contributed by atoms with Crippen LogP contribution in [0.4, 0.5) is 15.9 Å². The number of benzene rings is 1. The van der Waals surface area contributed by atoms with E-state index in [1.165, 1.54) is 0 Å². The zero-order chi connectivity index (χ0) is 27.9. The van der Waals surface area contributed by atoms with Crippen LogP contribution < -0.4 is 16.0 Å². The minimum Gasteiger partial charge on any atom is -0.374 e. The molecule has 1 aliphatic heterocycles. The normalized spacial score (nSPS) is 15.1. The van der Waals surface area contributed by atoms with E-state index >= 15 is 0 Å². The summed E-state index contributed by atoms with van der Waals surface area (Å²) >= 11 is 0. The van der Waals surface area contributed by atoms with Crippen LogP contribution in [0, 0.1) is 12.7 Å². The lowest BCUT2D eigenvalue weighted by Gasteiger charge is -2.24. The number of likely N-dealkylation sites (N-methyl/N-ethyl adjacent to an activating group) is 1. The van der Waals surface area contributed by atoms with Crippen molar-refractivity contribution in [3.63, 3.8) is 0 Å². The number of fused-ring (bicyclic) bond motifs is 2. The average Bonchev–Trinajstić information content (AvgIpc) is 3.51. The highest BCUT2D eigenvalue weighted by Gasteiger charge is 2.30. The summed E-state index contributed by atoms with van der Waals surface area (Å²) in [6.45, 7) is 7.26. The Balaban J connectivity index is 1.40. The molecule has 0 fully saturated rings. The third kappa shape index (κ3) is 4.98. The van der Waals surface area contributed by atoms with E-state index in [1.54, 1.807) is 29.8 Å². The Labute approximate surface area is 227 Å². The molecule has 0 radical (unpaired) electrons. The van der Waals surface area contributed by atoms with Crippen LogP contribution in [-0.2, 0) is 16.8 Å². The first-order valence-corrected chi connectivity index (χ1v) is 12.9. The molecular formula is C29H34FN7O2. The predicted octanol–water partition coefficient (Wildman–Crippen LogP) is 3.64. The quantitative estimate of drug-likeness (QED) is 0.275. The van der Waals surface area contributed by atoms with Gasteiger partial charge >= 0.3 is 0 Å². The Hall–Kier alpha value is -3.86. The smallest absolute Gasteiger partial charge is 0.230 e. The number of pyridine rings is 2. The number of nitrogens with one attached hydrogen (secondary N) is 3. The van der Waals surface area contributed by atoms with Crippen LogP contribution in [-0.4, -0.2) is 57.5 Å². The van der Waals surface area contributed by atoms with E-state index in [1.807, 2.05) is 63.3 Å². The van der Waals surface area contributed by atoms with E-state index in [0.29, 0.717) is 35.7 Å². The standard InChI is InChI=1S/C29H34FN7O2/c1-17-10-12-37-22(16-33-26(37)25(17)30)19-7-8-21(24-20(19)15-34-27(24)38)35-23-9-6-18(14-32-23)29(2,3)28(39)31-11-13-36(4)5/h6-10,12,14,16,27,34,38H,11,13,15H2,1-5H3,(H,31,39)(H,32,35). The van der Waals surface area contributed by atoms with Crippen molar-refractivity contribution in [2.45, 2.75) is 39.0 Å². The summed E-state index contributed by atoms with van der Waals surface area (Å²) in [7, 11) is 3.93. The highest BCUT2D eigenvalue weighted by molar-refractivity contribution is 5.87. The Morgan fingerprint density at radius 3 is 2.72 bits per heavy atom. The second kappa shape index (κ2) is 10.4. The van der Waals surface area contributed by atoms with Crippen molar-refractivity contribution in [2.75, 3.05) is 32.5 Å². The SMILES string of the molecule is Cc1ccn2c(-c3ccc(Nc4ccc(C(C)(C)C(=O)NCCN(C)C)cn4)c4c3CNC4O)cnc2c1F. The first kappa shape index (κ1) is 26.7.